The Morgan fingerprint density at radius 1 is 1.11 bits per heavy atom. The quantitative estimate of drug-likeness (QED) is 0.700. The number of hydrogen-bond acceptors (Lipinski definition) is 4. The number of ether oxygens (including phenoxy) is 1. The van der Waals surface area contributed by atoms with Crippen molar-refractivity contribution in [3.05, 3.63) is 77.4 Å². The fourth-order valence-corrected chi connectivity index (χ4v) is 4.27. The summed E-state index contributed by atoms with van der Waals surface area (Å²) in [5.41, 5.74) is 2.86. The molecule has 1 fully saturated rings. The number of carbonyl (C=O) groups is 1. The van der Waals surface area contributed by atoms with Gasteiger partial charge in [-0.3, -0.25) is 9.78 Å². The average molecular weight is 378 g/mol. The van der Waals surface area contributed by atoms with Gasteiger partial charge in [-0.05, 0) is 59.5 Å². The molecule has 2 aromatic heterocycles. The Bertz CT molecular complexity index is 857. The molecular weight excluding hydrogens is 356 g/mol. The van der Waals surface area contributed by atoms with Gasteiger partial charge in [0.05, 0.1) is 6.04 Å². The third-order valence-corrected chi connectivity index (χ3v) is 5.94. The van der Waals surface area contributed by atoms with E-state index in [1.165, 1.54) is 4.88 Å². The van der Waals surface area contributed by atoms with E-state index in [-0.39, 0.29) is 11.9 Å². The van der Waals surface area contributed by atoms with E-state index < -0.39 is 0 Å². The van der Waals surface area contributed by atoms with Crippen LogP contribution in [0.2, 0.25) is 0 Å². The maximum absolute atomic E-state index is 12.9. The molecule has 5 heteroatoms. The Labute approximate surface area is 163 Å². The summed E-state index contributed by atoms with van der Waals surface area (Å²) in [7, 11) is 0. The van der Waals surface area contributed by atoms with Crippen LogP contribution in [-0.4, -0.2) is 24.1 Å². The molecule has 1 aromatic carbocycles. The third kappa shape index (κ3) is 4.26. The molecule has 4 rings (SSSR count). The Morgan fingerprint density at radius 2 is 1.93 bits per heavy atom. The first-order chi connectivity index (χ1) is 13.3. The molecule has 1 aliphatic rings. The summed E-state index contributed by atoms with van der Waals surface area (Å²) in [5.74, 6) is 0.311. The van der Waals surface area contributed by atoms with E-state index in [1.54, 1.807) is 17.5 Å². The van der Waals surface area contributed by atoms with Gasteiger partial charge < -0.3 is 10.1 Å². The minimum absolute atomic E-state index is 0.0481. The molecule has 0 radical (unpaired) electrons. The summed E-state index contributed by atoms with van der Waals surface area (Å²) in [6, 6.07) is 15.8. The van der Waals surface area contributed by atoms with Crippen LogP contribution in [-0.2, 0) is 4.74 Å². The lowest BCUT2D eigenvalue weighted by Crippen LogP contribution is -2.36. The highest BCUT2D eigenvalue weighted by molar-refractivity contribution is 7.13. The first-order valence-electron chi connectivity index (χ1n) is 9.24. The van der Waals surface area contributed by atoms with E-state index in [0.29, 0.717) is 11.5 Å². The summed E-state index contributed by atoms with van der Waals surface area (Å²) in [4.78, 5) is 18.4. The molecule has 0 aliphatic carbocycles. The Morgan fingerprint density at radius 3 is 2.59 bits per heavy atom. The zero-order valence-corrected chi connectivity index (χ0v) is 15.8. The fourth-order valence-electron chi connectivity index (χ4n) is 3.54. The van der Waals surface area contributed by atoms with Crippen molar-refractivity contribution in [1.29, 1.82) is 0 Å². The van der Waals surface area contributed by atoms with Crippen molar-refractivity contribution in [2.75, 3.05) is 13.2 Å². The normalized spacial score (nSPS) is 16.0. The van der Waals surface area contributed by atoms with E-state index in [0.717, 1.165) is 37.2 Å². The summed E-state index contributed by atoms with van der Waals surface area (Å²) >= 11 is 1.70. The molecule has 1 amide bonds. The molecule has 138 valence electrons. The molecule has 3 aromatic rings. The standard InChI is InChI=1S/C22H22N2O2S/c25-22(18-7-5-16(6-8-18)20-4-2-14-27-20)24-21(17-9-12-26-13-10-17)19-3-1-11-23-15-19/h1-8,11,14-15,17,21H,9-10,12-13H2,(H,24,25)/t21-/m1/s1. The van der Waals surface area contributed by atoms with Gasteiger partial charge in [0.25, 0.3) is 5.91 Å². The van der Waals surface area contributed by atoms with Crippen LogP contribution in [0.25, 0.3) is 10.4 Å². The van der Waals surface area contributed by atoms with Crippen molar-refractivity contribution >= 4 is 17.2 Å². The van der Waals surface area contributed by atoms with Gasteiger partial charge in [-0.25, -0.2) is 0 Å². The average Bonchev–Trinajstić information content (AvgIpc) is 3.28. The molecule has 1 atom stereocenters. The topological polar surface area (TPSA) is 51.2 Å². The summed E-state index contributed by atoms with van der Waals surface area (Å²) in [5, 5.41) is 5.30. The SMILES string of the molecule is O=C(N[C@@H](c1cccnc1)C1CCOCC1)c1ccc(-c2cccs2)cc1. The molecule has 1 saturated heterocycles. The summed E-state index contributed by atoms with van der Waals surface area (Å²) in [6.07, 6.45) is 5.49. The smallest absolute Gasteiger partial charge is 0.251 e. The van der Waals surface area contributed by atoms with Crippen LogP contribution in [0.15, 0.2) is 66.3 Å². The molecule has 3 heterocycles. The van der Waals surface area contributed by atoms with Crippen molar-refractivity contribution in [2.24, 2.45) is 5.92 Å². The third-order valence-electron chi connectivity index (χ3n) is 5.02. The maximum atomic E-state index is 12.9. The summed E-state index contributed by atoms with van der Waals surface area (Å²) in [6.45, 7) is 1.49. The number of hydrogen-bond donors (Lipinski definition) is 1. The largest absolute Gasteiger partial charge is 0.381 e. The van der Waals surface area contributed by atoms with Crippen LogP contribution in [0, 0.1) is 5.92 Å². The maximum Gasteiger partial charge on any atom is 0.251 e. The van der Waals surface area contributed by atoms with Gasteiger partial charge in [0.15, 0.2) is 0 Å². The van der Waals surface area contributed by atoms with Crippen molar-refractivity contribution in [1.82, 2.24) is 10.3 Å². The molecule has 1 N–H and O–H groups in total. The van der Waals surface area contributed by atoms with Crippen molar-refractivity contribution in [2.45, 2.75) is 18.9 Å². The zero-order chi connectivity index (χ0) is 18.5. The monoisotopic (exact) mass is 378 g/mol. The first-order valence-corrected chi connectivity index (χ1v) is 10.1. The van der Waals surface area contributed by atoms with Gasteiger partial charge in [-0.15, -0.1) is 11.3 Å². The second-order valence-corrected chi connectivity index (χ2v) is 7.69. The highest BCUT2D eigenvalue weighted by Crippen LogP contribution is 2.30. The van der Waals surface area contributed by atoms with Gasteiger partial charge in [-0.1, -0.05) is 24.3 Å². The second kappa shape index (κ2) is 8.46. The highest BCUT2D eigenvalue weighted by atomic mass is 32.1. The molecule has 27 heavy (non-hydrogen) atoms. The lowest BCUT2D eigenvalue weighted by molar-refractivity contribution is 0.0513. The van der Waals surface area contributed by atoms with E-state index in [4.69, 9.17) is 4.74 Å². The number of aromatic nitrogens is 1. The Hall–Kier alpha value is -2.50. The van der Waals surface area contributed by atoms with Gasteiger partial charge >= 0.3 is 0 Å². The second-order valence-electron chi connectivity index (χ2n) is 6.74. The van der Waals surface area contributed by atoms with Gasteiger partial charge in [0.1, 0.15) is 0 Å². The van der Waals surface area contributed by atoms with Gasteiger partial charge in [0, 0.05) is 36.0 Å². The minimum atomic E-state index is -0.0490. The molecule has 4 nitrogen and oxygen atoms in total. The van der Waals surface area contributed by atoms with Gasteiger partial charge in [0.2, 0.25) is 0 Å². The molecule has 1 aliphatic heterocycles. The number of thiophene rings is 1. The van der Waals surface area contributed by atoms with Crippen molar-refractivity contribution < 1.29 is 9.53 Å². The fraction of sp³-hybridized carbons (Fsp3) is 0.273. The highest BCUT2D eigenvalue weighted by Gasteiger charge is 2.27. The van der Waals surface area contributed by atoms with E-state index in [1.807, 2.05) is 48.7 Å². The number of nitrogens with one attached hydrogen (secondary N) is 1. The molecule has 0 bridgehead atoms. The predicted octanol–water partition coefficient (Wildman–Crippen LogP) is 4.71. The van der Waals surface area contributed by atoms with Crippen molar-refractivity contribution in [3.8, 4) is 10.4 Å². The molecule has 0 unspecified atom stereocenters. The van der Waals surface area contributed by atoms with Crippen LogP contribution in [0.3, 0.4) is 0 Å². The van der Waals surface area contributed by atoms with Crippen LogP contribution in [0.1, 0.15) is 34.8 Å². The lowest BCUT2D eigenvalue weighted by atomic mass is 9.87. The molecule has 0 saturated carbocycles. The number of pyridine rings is 1. The number of amides is 1. The lowest BCUT2D eigenvalue weighted by Gasteiger charge is -2.31. The summed E-state index contributed by atoms with van der Waals surface area (Å²) < 4.78 is 5.50. The van der Waals surface area contributed by atoms with Crippen LogP contribution in [0.5, 0.6) is 0 Å². The number of rotatable bonds is 5. The number of nitrogens with zero attached hydrogens (tertiary/aromatic N) is 1. The van der Waals surface area contributed by atoms with Crippen molar-refractivity contribution in [3.63, 3.8) is 0 Å². The minimum Gasteiger partial charge on any atom is -0.381 e. The molecule has 0 spiro atoms. The van der Waals surface area contributed by atoms with E-state index >= 15 is 0 Å². The first kappa shape index (κ1) is 17.9. The van der Waals surface area contributed by atoms with Crippen LogP contribution >= 0.6 is 11.3 Å². The van der Waals surface area contributed by atoms with E-state index in [2.05, 4.69) is 21.7 Å². The zero-order valence-electron chi connectivity index (χ0n) is 15.0. The number of benzene rings is 1. The van der Waals surface area contributed by atoms with Crippen LogP contribution < -0.4 is 5.32 Å². The Kier molecular flexibility index (Phi) is 5.61. The predicted molar refractivity (Wildman–Crippen MR) is 108 cm³/mol. The van der Waals surface area contributed by atoms with E-state index in [9.17, 15) is 4.79 Å². The van der Waals surface area contributed by atoms with Gasteiger partial charge in [-0.2, -0.15) is 0 Å². The van der Waals surface area contributed by atoms with Crippen LogP contribution in [0.4, 0.5) is 0 Å². The molecular formula is C22H22N2O2S. The Balaban J connectivity index is 1.52. The number of carbonyl (C=O) groups excluding carboxylic acids is 1.